The van der Waals surface area contributed by atoms with Crippen LogP contribution in [0.15, 0.2) is 0 Å². The van der Waals surface area contributed by atoms with Crippen LogP contribution in [-0.4, -0.2) is 37.3 Å². The summed E-state index contributed by atoms with van der Waals surface area (Å²) in [4.78, 5) is 1.36. The largest absolute Gasteiger partial charge is 0.401 e. The Balaban J connectivity index is 2.14. The molecule has 1 heterocycles. The van der Waals surface area contributed by atoms with Crippen LogP contribution in [-0.2, 0) is 0 Å². The van der Waals surface area contributed by atoms with Crippen molar-refractivity contribution in [1.29, 1.82) is 0 Å². The highest BCUT2D eigenvalue weighted by Crippen LogP contribution is 2.22. The topological polar surface area (TPSA) is 29.3 Å². The molecular formula is C6H11F3N2. The van der Waals surface area contributed by atoms with Gasteiger partial charge in [0.05, 0.1) is 6.54 Å². The Morgan fingerprint density at radius 2 is 1.91 bits per heavy atom. The molecule has 0 aromatic heterocycles. The van der Waals surface area contributed by atoms with Gasteiger partial charge in [0.2, 0.25) is 0 Å². The summed E-state index contributed by atoms with van der Waals surface area (Å²) in [6, 6.07) is 0. The van der Waals surface area contributed by atoms with Gasteiger partial charge in [0.25, 0.3) is 0 Å². The monoisotopic (exact) mass is 168 g/mol. The van der Waals surface area contributed by atoms with E-state index < -0.39 is 12.7 Å². The molecule has 1 aliphatic heterocycles. The van der Waals surface area contributed by atoms with Crippen LogP contribution in [0.25, 0.3) is 0 Å². The zero-order valence-electron chi connectivity index (χ0n) is 6.06. The molecule has 11 heavy (non-hydrogen) atoms. The lowest BCUT2D eigenvalue weighted by Gasteiger charge is -2.38. The van der Waals surface area contributed by atoms with Crippen molar-refractivity contribution < 1.29 is 13.2 Å². The minimum atomic E-state index is -4.06. The molecule has 2 nitrogen and oxygen atoms in total. The molecule has 1 aliphatic rings. The van der Waals surface area contributed by atoms with Gasteiger partial charge >= 0.3 is 6.18 Å². The Morgan fingerprint density at radius 3 is 2.27 bits per heavy atom. The van der Waals surface area contributed by atoms with Gasteiger partial charge in [-0.2, -0.15) is 13.2 Å². The molecule has 0 spiro atoms. The van der Waals surface area contributed by atoms with Gasteiger partial charge in [0.1, 0.15) is 0 Å². The number of nitrogens with two attached hydrogens (primary N) is 1. The van der Waals surface area contributed by atoms with Crippen LogP contribution >= 0.6 is 0 Å². The summed E-state index contributed by atoms with van der Waals surface area (Å²) in [6.45, 7) is 0.698. The van der Waals surface area contributed by atoms with E-state index in [9.17, 15) is 13.2 Å². The first-order valence-electron chi connectivity index (χ1n) is 3.50. The zero-order valence-corrected chi connectivity index (χ0v) is 6.06. The SMILES string of the molecule is NCC1CN(CC(F)(F)F)C1. The fraction of sp³-hybridized carbons (Fsp3) is 1.00. The summed E-state index contributed by atoms with van der Waals surface area (Å²) in [7, 11) is 0. The number of likely N-dealkylation sites (tertiary alicyclic amines) is 1. The van der Waals surface area contributed by atoms with E-state index in [-0.39, 0.29) is 5.92 Å². The average Bonchev–Trinajstić information content (AvgIpc) is 1.75. The van der Waals surface area contributed by atoms with E-state index in [0.717, 1.165) is 0 Å². The standard InChI is InChI=1S/C6H11F3N2/c7-6(8,9)4-11-2-5(1-10)3-11/h5H,1-4,10H2. The normalized spacial score (nSPS) is 21.8. The number of rotatable bonds is 2. The molecule has 0 saturated carbocycles. The minimum Gasteiger partial charge on any atom is -0.330 e. The first-order valence-corrected chi connectivity index (χ1v) is 3.50. The van der Waals surface area contributed by atoms with Crippen molar-refractivity contribution in [3.63, 3.8) is 0 Å². The molecule has 1 fully saturated rings. The molecule has 0 radical (unpaired) electrons. The lowest BCUT2D eigenvalue weighted by atomic mass is 10.0. The van der Waals surface area contributed by atoms with Crippen LogP contribution in [0, 0.1) is 5.92 Å². The van der Waals surface area contributed by atoms with Crippen LogP contribution < -0.4 is 5.73 Å². The van der Waals surface area contributed by atoms with Gasteiger partial charge in [-0.1, -0.05) is 0 Å². The maximum absolute atomic E-state index is 11.7. The summed E-state index contributed by atoms with van der Waals surface area (Å²) in [5, 5.41) is 0. The minimum absolute atomic E-state index is 0.275. The summed E-state index contributed by atoms with van der Waals surface area (Å²) in [5.74, 6) is 0.275. The van der Waals surface area contributed by atoms with Gasteiger partial charge in [-0.15, -0.1) is 0 Å². The molecule has 1 rings (SSSR count). The molecule has 0 amide bonds. The third kappa shape index (κ3) is 2.67. The predicted octanol–water partition coefficient (Wildman–Crippen LogP) is 0.439. The molecule has 0 atom stereocenters. The van der Waals surface area contributed by atoms with Crippen LogP contribution in [0.5, 0.6) is 0 Å². The van der Waals surface area contributed by atoms with E-state index >= 15 is 0 Å². The fourth-order valence-corrected chi connectivity index (χ4v) is 1.21. The van der Waals surface area contributed by atoms with E-state index in [0.29, 0.717) is 19.6 Å². The molecule has 0 aliphatic carbocycles. The molecule has 0 unspecified atom stereocenters. The number of nitrogens with zero attached hydrogens (tertiary/aromatic N) is 1. The summed E-state index contributed by atoms with van der Waals surface area (Å²) >= 11 is 0. The highest BCUT2D eigenvalue weighted by Gasteiger charge is 2.36. The maximum atomic E-state index is 11.7. The third-order valence-electron chi connectivity index (χ3n) is 1.77. The van der Waals surface area contributed by atoms with Gasteiger partial charge in [0.15, 0.2) is 0 Å². The van der Waals surface area contributed by atoms with Gasteiger partial charge < -0.3 is 5.73 Å². The second-order valence-electron chi connectivity index (χ2n) is 2.91. The molecule has 2 N–H and O–H groups in total. The molecule has 1 saturated heterocycles. The molecular weight excluding hydrogens is 157 g/mol. The van der Waals surface area contributed by atoms with Crippen LogP contribution in [0.1, 0.15) is 0 Å². The fourth-order valence-electron chi connectivity index (χ4n) is 1.21. The maximum Gasteiger partial charge on any atom is 0.401 e. The van der Waals surface area contributed by atoms with E-state index in [2.05, 4.69) is 0 Å². The number of hydrogen-bond donors (Lipinski definition) is 1. The Bertz CT molecular complexity index is 128. The summed E-state index contributed by atoms with van der Waals surface area (Å²) in [5.41, 5.74) is 5.25. The Labute approximate surface area is 63.2 Å². The van der Waals surface area contributed by atoms with Crippen molar-refractivity contribution in [2.24, 2.45) is 11.7 Å². The van der Waals surface area contributed by atoms with Gasteiger partial charge in [-0.05, 0) is 12.5 Å². The second-order valence-corrected chi connectivity index (χ2v) is 2.91. The number of hydrogen-bond acceptors (Lipinski definition) is 2. The second kappa shape index (κ2) is 2.98. The summed E-state index contributed by atoms with van der Waals surface area (Å²) < 4.78 is 35.1. The molecule has 0 bridgehead atoms. The first-order chi connectivity index (χ1) is 5.01. The van der Waals surface area contributed by atoms with Gasteiger partial charge in [-0.25, -0.2) is 0 Å². The molecule has 66 valence electrons. The van der Waals surface area contributed by atoms with Crippen molar-refractivity contribution in [3.05, 3.63) is 0 Å². The van der Waals surface area contributed by atoms with Gasteiger partial charge in [0, 0.05) is 13.1 Å². The van der Waals surface area contributed by atoms with E-state index in [1.807, 2.05) is 0 Å². The van der Waals surface area contributed by atoms with E-state index in [1.54, 1.807) is 0 Å². The van der Waals surface area contributed by atoms with Crippen LogP contribution in [0.2, 0.25) is 0 Å². The predicted molar refractivity (Wildman–Crippen MR) is 35.0 cm³/mol. The molecule has 5 heteroatoms. The first kappa shape index (κ1) is 8.80. The quantitative estimate of drug-likeness (QED) is 0.648. The van der Waals surface area contributed by atoms with Crippen LogP contribution in [0.4, 0.5) is 13.2 Å². The number of alkyl halides is 3. The lowest BCUT2D eigenvalue weighted by Crippen LogP contribution is -2.52. The van der Waals surface area contributed by atoms with Crippen molar-refractivity contribution in [2.75, 3.05) is 26.2 Å². The van der Waals surface area contributed by atoms with Crippen molar-refractivity contribution >= 4 is 0 Å². The highest BCUT2D eigenvalue weighted by atomic mass is 19.4. The Morgan fingerprint density at radius 1 is 1.36 bits per heavy atom. The smallest absolute Gasteiger partial charge is 0.330 e. The van der Waals surface area contributed by atoms with Crippen molar-refractivity contribution in [3.8, 4) is 0 Å². The highest BCUT2D eigenvalue weighted by molar-refractivity contribution is 4.81. The molecule has 0 aromatic carbocycles. The molecule has 0 aromatic rings. The van der Waals surface area contributed by atoms with Gasteiger partial charge in [-0.3, -0.25) is 4.90 Å². The van der Waals surface area contributed by atoms with E-state index in [1.165, 1.54) is 4.90 Å². The van der Waals surface area contributed by atoms with Crippen LogP contribution in [0.3, 0.4) is 0 Å². The zero-order chi connectivity index (χ0) is 8.48. The van der Waals surface area contributed by atoms with Crippen molar-refractivity contribution in [2.45, 2.75) is 6.18 Å². The summed E-state index contributed by atoms with van der Waals surface area (Å²) in [6.07, 6.45) is -4.06. The average molecular weight is 168 g/mol. The van der Waals surface area contributed by atoms with E-state index in [4.69, 9.17) is 5.73 Å². The number of halogens is 3. The Hall–Kier alpha value is -0.290. The van der Waals surface area contributed by atoms with Crippen molar-refractivity contribution in [1.82, 2.24) is 4.90 Å². The lowest BCUT2D eigenvalue weighted by molar-refractivity contribution is -0.158. The Kier molecular flexibility index (Phi) is 2.39. The third-order valence-corrected chi connectivity index (χ3v) is 1.77.